The van der Waals surface area contributed by atoms with Gasteiger partial charge in [0.25, 0.3) is 6.43 Å². The van der Waals surface area contributed by atoms with Crippen LogP contribution in [0.4, 0.5) is 27.6 Å². The van der Waals surface area contributed by atoms with Gasteiger partial charge in [0.15, 0.2) is 5.78 Å². The van der Waals surface area contributed by atoms with Crippen LogP contribution in [-0.4, -0.2) is 5.78 Å². The third kappa shape index (κ3) is 2.72. The first-order valence-corrected chi connectivity index (χ1v) is 4.44. The van der Waals surface area contributed by atoms with E-state index in [-0.39, 0.29) is 5.56 Å². The van der Waals surface area contributed by atoms with Crippen molar-refractivity contribution in [3.8, 4) is 0 Å². The van der Waals surface area contributed by atoms with Crippen molar-refractivity contribution in [2.24, 2.45) is 0 Å². The molecule has 17 heavy (non-hydrogen) atoms. The Morgan fingerprint density at radius 3 is 2.18 bits per heavy atom. The summed E-state index contributed by atoms with van der Waals surface area (Å²) in [7, 11) is 0. The molecule has 0 aliphatic rings. The van der Waals surface area contributed by atoms with Crippen LogP contribution < -0.4 is 5.73 Å². The minimum Gasteiger partial charge on any atom is -0.398 e. The predicted molar refractivity (Wildman–Crippen MR) is 50.8 cm³/mol. The Hall–Kier alpha value is -1.66. The van der Waals surface area contributed by atoms with E-state index in [1.807, 2.05) is 0 Å². The lowest BCUT2D eigenvalue weighted by Gasteiger charge is -2.16. The van der Waals surface area contributed by atoms with E-state index in [1.165, 1.54) is 0 Å². The smallest absolute Gasteiger partial charge is 0.398 e. The molecule has 7 heteroatoms. The quantitative estimate of drug-likeness (QED) is 0.498. The number of alkyl halides is 5. The van der Waals surface area contributed by atoms with Crippen LogP contribution in [0.5, 0.6) is 0 Å². The van der Waals surface area contributed by atoms with Gasteiger partial charge in [0.1, 0.15) is 0 Å². The topological polar surface area (TPSA) is 43.1 Å². The van der Waals surface area contributed by atoms with Crippen LogP contribution in [0.15, 0.2) is 12.1 Å². The van der Waals surface area contributed by atoms with Crippen molar-refractivity contribution in [3.63, 3.8) is 0 Å². The van der Waals surface area contributed by atoms with Crippen molar-refractivity contribution in [3.05, 3.63) is 28.8 Å². The normalized spacial score (nSPS) is 11.9. The molecule has 0 aliphatic heterocycles. The summed E-state index contributed by atoms with van der Waals surface area (Å²) in [6.45, 7) is 1.05. The highest BCUT2D eigenvalue weighted by Crippen LogP contribution is 2.40. The van der Waals surface area contributed by atoms with Crippen molar-refractivity contribution in [1.29, 1.82) is 0 Å². The number of ketones is 1. The summed E-state index contributed by atoms with van der Waals surface area (Å²) in [4.78, 5) is 11.0. The fourth-order valence-corrected chi connectivity index (χ4v) is 1.39. The molecule has 0 unspecified atom stereocenters. The monoisotopic (exact) mass is 253 g/mol. The van der Waals surface area contributed by atoms with Crippen LogP contribution >= 0.6 is 0 Å². The van der Waals surface area contributed by atoms with Gasteiger partial charge >= 0.3 is 6.18 Å². The molecule has 0 fully saturated rings. The number of halogens is 5. The van der Waals surface area contributed by atoms with Gasteiger partial charge in [-0.05, 0) is 19.1 Å². The Balaban J connectivity index is 3.55. The van der Waals surface area contributed by atoms with Crippen LogP contribution in [0.3, 0.4) is 0 Å². The standard InChI is InChI=1S/C10H8F5NO/c1-4(17)5-2-6(9(11)12)8(7(16)3-5)10(13,14)15/h2-3,9H,16H2,1H3. The first kappa shape index (κ1) is 13.4. The van der Waals surface area contributed by atoms with Crippen molar-refractivity contribution < 1.29 is 26.7 Å². The third-order valence-electron chi connectivity index (χ3n) is 2.12. The zero-order valence-electron chi connectivity index (χ0n) is 8.61. The fraction of sp³-hybridized carbons (Fsp3) is 0.300. The number of nitrogens with two attached hydrogens (primary N) is 1. The van der Waals surface area contributed by atoms with Gasteiger partial charge in [-0.15, -0.1) is 0 Å². The molecule has 0 bridgehead atoms. The SMILES string of the molecule is CC(=O)c1cc(N)c(C(F)(F)F)c(C(F)F)c1. The number of hydrogen-bond acceptors (Lipinski definition) is 2. The Bertz CT molecular complexity index is 453. The van der Waals surface area contributed by atoms with Gasteiger partial charge in [-0.2, -0.15) is 13.2 Å². The van der Waals surface area contributed by atoms with Crippen molar-refractivity contribution in [1.82, 2.24) is 0 Å². The maximum Gasteiger partial charge on any atom is 0.418 e. The molecule has 0 aromatic heterocycles. The number of carbonyl (C=O) groups is 1. The van der Waals surface area contributed by atoms with Gasteiger partial charge in [0, 0.05) is 16.8 Å². The maximum absolute atomic E-state index is 12.5. The molecule has 94 valence electrons. The van der Waals surface area contributed by atoms with E-state index in [0.29, 0.717) is 6.07 Å². The number of nitrogen functional groups attached to an aromatic ring is 1. The lowest BCUT2D eigenvalue weighted by Crippen LogP contribution is -2.14. The molecule has 1 aromatic rings. The summed E-state index contributed by atoms with van der Waals surface area (Å²) in [6.07, 6.45) is -8.33. The Morgan fingerprint density at radius 2 is 1.82 bits per heavy atom. The predicted octanol–water partition coefficient (Wildman–Crippen LogP) is 3.43. The molecule has 0 saturated carbocycles. The van der Waals surface area contributed by atoms with E-state index in [2.05, 4.69) is 0 Å². The van der Waals surface area contributed by atoms with Crippen LogP contribution in [-0.2, 0) is 6.18 Å². The molecule has 0 amide bonds. The molecular weight excluding hydrogens is 245 g/mol. The van der Waals surface area contributed by atoms with E-state index in [4.69, 9.17) is 5.73 Å². The molecule has 0 atom stereocenters. The van der Waals surface area contributed by atoms with Gasteiger partial charge in [-0.3, -0.25) is 4.79 Å². The summed E-state index contributed by atoms with van der Waals surface area (Å²) >= 11 is 0. The second-order valence-electron chi connectivity index (χ2n) is 3.38. The molecule has 1 rings (SSSR count). The van der Waals surface area contributed by atoms with Crippen LogP contribution in [0.2, 0.25) is 0 Å². The van der Waals surface area contributed by atoms with Gasteiger partial charge in [-0.25, -0.2) is 8.78 Å². The second-order valence-corrected chi connectivity index (χ2v) is 3.38. The van der Waals surface area contributed by atoms with Crippen molar-refractivity contribution >= 4 is 11.5 Å². The highest BCUT2D eigenvalue weighted by atomic mass is 19.4. The fourth-order valence-electron chi connectivity index (χ4n) is 1.39. The Labute approximate surface area is 93.2 Å². The lowest BCUT2D eigenvalue weighted by atomic mass is 9.99. The molecule has 0 heterocycles. The van der Waals surface area contributed by atoms with Crippen LogP contribution in [0.1, 0.15) is 34.8 Å². The zero-order valence-corrected chi connectivity index (χ0v) is 8.61. The number of hydrogen-bond donors (Lipinski definition) is 1. The average molecular weight is 253 g/mol. The van der Waals surface area contributed by atoms with Crippen molar-refractivity contribution in [2.75, 3.05) is 5.73 Å². The molecule has 1 aromatic carbocycles. The van der Waals surface area contributed by atoms with Gasteiger partial charge in [0.05, 0.1) is 5.56 Å². The average Bonchev–Trinajstić information content (AvgIpc) is 2.13. The zero-order chi connectivity index (χ0) is 13.4. The molecule has 2 N–H and O–H groups in total. The highest BCUT2D eigenvalue weighted by molar-refractivity contribution is 5.95. The molecule has 0 saturated heterocycles. The first-order valence-electron chi connectivity index (χ1n) is 4.44. The maximum atomic E-state index is 12.5. The molecule has 0 radical (unpaired) electrons. The number of rotatable bonds is 2. The number of carbonyl (C=O) groups excluding carboxylic acids is 1. The van der Waals surface area contributed by atoms with Gasteiger partial charge in [-0.1, -0.05) is 0 Å². The molecule has 0 spiro atoms. The highest BCUT2D eigenvalue weighted by Gasteiger charge is 2.38. The summed E-state index contributed by atoms with van der Waals surface area (Å²) in [5.74, 6) is -0.632. The van der Waals surface area contributed by atoms with E-state index in [0.717, 1.165) is 13.0 Å². The van der Waals surface area contributed by atoms with E-state index >= 15 is 0 Å². The minimum atomic E-state index is -4.98. The Morgan fingerprint density at radius 1 is 1.29 bits per heavy atom. The van der Waals surface area contributed by atoms with Gasteiger partial charge < -0.3 is 5.73 Å². The van der Waals surface area contributed by atoms with Crippen LogP contribution in [0.25, 0.3) is 0 Å². The lowest BCUT2D eigenvalue weighted by molar-refractivity contribution is -0.138. The largest absolute Gasteiger partial charge is 0.418 e. The van der Waals surface area contributed by atoms with E-state index < -0.39 is 35.2 Å². The molecule has 2 nitrogen and oxygen atoms in total. The Kier molecular flexibility index (Phi) is 3.40. The summed E-state index contributed by atoms with van der Waals surface area (Å²) in [6, 6.07) is 1.27. The summed E-state index contributed by atoms with van der Waals surface area (Å²) in [5, 5.41) is 0. The minimum absolute atomic E-state index is 0.272. The number of anilines is 1. The summed E-state index contributed by atoms with van der Waals surface area (Å²) in [5.41, 5.74) is 1.07. The van der Waals surface area contributed by atoms with Gasteiger partial charge in [0.2, 0.25) is 0 Å². The number of benzene rings is 1. The van der Waals surface area contributed by atoms with Crippen molar-refractivity contribution in [2.45, 2.75) is 19.5 Å². The van der Waals surface area contributed by atoms with E-state index in [9.17, 15) is 26.7 Å². The van der Waals surface area contributed by atoms with E-state index in [1.54, 1.807) is 0 Å². The molecule has 0 aliphatic carbocycles. The second kappa shape index (κ2) is 4.31. The number of Topliss-reactive ketones (excluding diaryl/α,β-unsaturated/α-hetero) is 1. The first-order chi connectivity index (χ1) is 7.64. The van der Waals surface area contributed by atoms with Crippen LogP contribution in [0, 0.1) is 0 Å². The summed E-state index contributed by atoms with van der Waals surface area (Å²) < 4.78 is 62.5. The molecular formula is C10H8F5NO. The third-order valence-corrected chi connectivity index (χ3v) is 2.12.